The van der Waals surface area contributed by atoms with Crippen LogP contribution in [-0.2, 0) is 13.6 Å². The minimum absolute atomic E-state index is 0.146. The number of nitrogens with zero attached hydrogens (tertiary/aromatic N) is 5. The topological polar surface area (TPSA) is 82.7 Å². The molecule has 3 rings (SSSR count). The summed E-state index contributed by atoms with van der Waals surface area (Å²) in [6.45, 7) is 3.70. The third kappa shape index (κ3) is 2.12. The van der Waals surface area contributed by atoms with Crippen LogP contribution in [0, 0.1) is 0 Å². The molecule has 0 atom stereocenters. The summed E-state index contributed by atoms with van der Waals surface area (Å²) >= 11 is 0. The number of hydrogen-bond acceptors (Lipinski definition) is 5. The average Bonchev–Trinajstić information content (AvgIpc) is 2.57. The Bertz CT molecular complexity index is 973. The molecule has 3 heterocycles. The molecule has 0 saturated heterocycles. The normalized spacial score (nSPS) is 10.8. The van der Waals surface area contributed by atoms with E-state index in [4.69, 9.17) is 0 Å². The van der Waals surface area contributed by atoms with Gasteiger partial charge >= 0.3 is 5.69 Å². The maximum atomic E-state index is 12.4. The van der Waals surface area contributed by atoms with Crippen LogP contribution in [0.4, 0.5) is 0 Å². The van der Waals surface area contributed by atoms with Crippen LogP contribution in [0.1, 0.15) is 0 Å². The van der Waals surface area contributed by atoms with Crippen molar-refractivity contribution in [2.75, 3.05) is 0 Å². The van der Waals surface area contributed by atoms with Crippen LogP contribution in [0.5, 0.6) is 0 Å². The van der Waals surface area contributed by atoms with Crippen molar-refractivity contribution in [2.45, 2.75) is 6.54 Å². The third-order valence-corrected chi connectivity index (χ3v) is 3.33. The van der Waals surface area contributed by atoms with Crippen molar-refractivity contribution in [1.29, 1.82) is 0 Å². The lowest BCUT2D eigenvalue weighted by Crippen LogP contribution is -2.39. The van der Waals surface area contributed by atoms with Gasteiger partial charge in [0.15, 0.2) is 11.5 Å². The zero-order chi connectivity index (χ0) is 15.7. The van der Waals surface area contributed by atoms with Crippen LogP contribution in [-0.4, -0.2) is 24.1 Å². The molecule has 0 N–H and O–H groups in total. The lowest BCUT2D eigenvalue weighted by atomic mass is 10.2. The maximum Gasteiger partial charge on any atom is 0.332 e. The summed E-state index contributed by atoms with van der Waals surface area (Å²) in [7, 11) is 1.58. The predicted molar refractivity (Wildman–Crippen MR) is 82.5 cm³/mol. The molecule has 0 aliphatic carbocycles. The Morgan fingerprint density at radius 3 is 2.68 bits per heavy atom. The Labute approximate surface area is 125 Å². The fourth-order valence-corrected chi connectivity index (χ4v) is 2.21. The summed E-state index contributed by atoms with van der Waals surface area (Å²) in [5, 5.41) is 0.293. The Kier molecular flexibility index (Phi) is 3.38. The fourth-order valence-electron chi connectivity index (χ4n) is 2.21. The van der Waals surface area contributed by atoms with Gasteiger partial charge in [0.05, 0.1) is 0 Å². The van der Waals surface area contributed by atoms with E-state index >= 15 is 0 Å². The molecule has 0 fully saturated rings. The molecule has 0 aliphatic rings. The molecule has 0 spiro atoms. The molecule has 0 radical (unpaired) electrons. The van der Waals surface area contributed by atoms with Crippen molar-refractivity contribution in [3.05, 3.63) is 64.2 Å². The average molecular weight is 295 g/mol. The first kappa shape index (κ1) is 13.9. The van der Waals surface area contributed by atoms with Gasteiger partial charge in [0.1, 0.15) is 5.39 Å². The van der Waals surface area contributed by atoms with E-state index in [0.717, 1.165) is 10.1 Å². The number of pyridine rings is 1. The minimum atomic E-state index is -0.434. The Balaban J connectivity index is 2.33. The summed E-state index contributed by atoms with van der Waals surface area (Å²) in [4.78, 5) is 37.1. The zero-order valence-corrected chi connectivity index (χ0v) is 11.9. The van der Waals surface area contributed by atoms with E-state index in [9.17, 15) is 9.59 Å². The van der Waals surface area contributed by atoms with Crippen LogP contribution < -0.4 is 11.2 Å². The van der Waals surface area contributed by atoms with Gasteiger partial charge in [0, 0.05) is 37.7 Å². The molecule has 0 aliphatic heterocycles. The van der Waals surface area contributed by atoms with E-state index < -0.39 is 11.2 Å². The van der Waals surface area contributed by atoms with Crippen molar-refractivity contribution in [3.8, 4) is 11.4 Å². The number of aryl methyl sites for hydroxylation is 1. The predicted octanol–water partition coefficient (Wildman–Crippen LogP) is 0.738. The second-order valence-corrected chi connectivity index (χ2v) is 4.71. The van der Waals surface area contributed by atoms with Gasteiger partial charge in [-0.1, -0.05) is 6.08 Å². The summed E-state index contributed by atoms with van der Waals surface area (Å²) < 4.78 is 2.44. The maximum absolute atomic E-state index is 12.4. The van der Waals surface area contributed by atoms with E-state index in [1.54, 1.807) is 31.6 Å². The largest absolute Gasteiger partial charge is 0.332 e. The molecule has 0 unspecified atom stereocenters. The second kappa shape index (κ2) is 5.36. The summed E-state index contributed by atoms with van der Waals surface area (Å²) in [6.07, 6.45) is 6.20. The van der Waals surface area contributed by atoms with Gasteiger partial charge in [-0.05, 0) is 12.1 Å². The lowest BCUT2D eigenvalue weighted by Gasteiger charge is -2.09. The molecule has 22 heavy (non-hydrogen) atoms. The van der Waals surface area contributed by atoms with Gasteiger partial charge in [-0.3, -0.25) is 18.9 Å². The van der Waals surface area contributed by atoms with Gasteiger partial charge in [-0.25, -0.2) is 14.8 Å². The van der Waals surface area contributed by atoms with Crippen LogP contribution in [0.3, 0.4) is 0 Å². The Hall–Kier alpha value is -3.09. The summed E-state index contributed by atoms with van der Waals surface area (Å²) in [5.41, 5.74) is 0.216. The Morgan fingerprint density at radius 1 is 1.27 bits per heavy atom. The van der Waals surface area contributed by atoms with E-state index in [0.29, 0.717) is 16.9 Å². The van der Waals surface area contributed by atoms with E-state index in [1.807, 2.05) is 0 Å². The highest BCUT2D eigenvalue weighted by molar-refractivity contribution is 5.75. The molecule has 0 saturated carbocycles. The second-order valence-electron chi connectivity index (χ2n) is 4.71. The number of allylic oxidation sites excluding steroid dienone is 1. The molecule has 3 aromatic heterocycles. The van der Waals surface area contributed by atoms with Crippen LogP contribution in [0.25, 0.3) is 22.4 Å². The first-order valence-corrected chi connectivity index (χ1v) is 6.61. The van der Waals surface area contributed by atoms with Gasteiger partial charge in [-0.2, -0.15) is 0 Å². The minimum Gasteiger partial charge on any atom is -0.280 e. The first-order valence-electron chi connectivity index (χ1n) is 6.61. The molecule has 7 heteroatoms. The van der Waals surface area contributed by atoms with Crippen molar-refractivity contribution in [3.63, 3.8) is 0 Å². The van der Waals surface area contributed by atoms with Gasteiger partial charge in [-0.15, -0.1) is 6.58 Å². The van der Waals surface area contributed by atoms with Crippen LogP contribution >= 0.6 is 0 Å². The number of aromatic nitrogens is 5. The molecule has 0 bridgehead atoms. The lowest BCUT2D eigenvalue weighted by molar-refractivity contribution is 0.667. The SMILES string of the molecule is C=CCn1c(=O)c2cnc(-c3ccncc3)nc2n(C)c1=O. The van der Waals surface area contributed by atoms with E-state index in [2.05, 4.69) is 21.5 Å². The van der Waals surface area contributed by atoms with Crippen molar-refractivity contribution in [1.82, 2.24) is 24.1 Å². The Morgan fingerprint density at radius 2 is 2.00 bits per heavy atom. The summed E-state index contributed by atoms with van der Waals surface area (Å²) in [5.74, 6) is 0.436. The van der Waals surface area contributed by atoms with E-state index in [1.165, 1.54) is 16.8 Å². The molecule has 0 aromatic carbocycles. The summed E-state index contributed by atoms with van der Waals surface area (Å²) in [6, 6.07) is 3.52. The smallest absolute Gasteiger partial charge is 0.280 e. The third-order valence-electron chi connectivity index (χ3n) is 3.33. The molecular formula is C15H13N5O2. The highest BCUT2D eigenvalue weighted by Crippen LogP contribution is 2.14. The molecule has 3 aromatic rings. The van der Waals surface area contributed by atoms with Gasteiger partial charge < -0.3 is 0 Å². The van der Waals surface area contributed by atoms with E-state index in [-0.39, 0.29) is 6.54 Å². The quantitative estimate of drug-likeness (QED) is 0.665. The fraction of sp³-hybridized carbons (Fsp3) is 0.133. The number of rotatable bonds is 3. The van der Waals surface area contributed by atoms with Gasteiger partial charge in [0.25, 0.3) is 5.56 Å². The highest BCUT2D eigenvalue weighted by Gasteiger charge is 2.13. The van der Waals surface area contributed by atoms with Crippen molar-refractivity contribution < 1.29 is 0 Å². The number of fused-ring (bicyclic) bond motifs is 1. The standard InChI is InChI=1S/C15H13N5O2/c1-3-8-20-14(21)11-9-17-12(10-4-6-16-7-5-10)18-13(11)19(2)15(20)22/h3-7,9H,1,8H2,2H3. The molecule has 110 valence electrons. The van der Waals surface area contributed by atoms with Crippen LogP contribution in [0.15, 0.2) is 53.0 Å². The zero-order valence-electron chi connectivity index (χ0n) is 11.9. The molecule has 0 amide bonds. The number of hydrogen-bond donors (Lipinski definition) is 0. The monoisotopic (exact) mass is 295 g/mol. The van der Waals surface area contributed by atoms with Gasteiger partial charge in [0.2, 0.25) is 0 Å². The van der Waals surface area contributed by atoms with Crippen LogP contribution in [0.2, 0.25) is 0 Å². The molecular weight excluding hydrogens is 282 g/mol. The first-order chi connectivity index (χ1) is 10.6. The van der Waals surface area contributed by atoms with Crippen molar-refractivity contribution in [2.24, 2.45) is 7.05 Å². The highest BCUT2D eigenvalue weighted by atomic mass is 16.2. The van der Waals surface area contributed by atoms with Crippen molar-refractivity contribution >= 4 is 11.0 Å². The molecule has 7 nitrogen and oxygen atoms in total.